The minimum Gasteiger partial charge on any atom is -0.497 e. The van der Waals surface area contributed by atoms with Gasteiger partial charge in [-0.2, -0.15) is 0 Å². The molecule has 0 aliphatic carbocycles. The predicted molar refractivity (Wildman–Crippen MR) is 99.6 cm³/mol. The lowest BCUT2D eigenvalue weighted by atomic mass is 10.1. The highest BCUT2D eigenvalue weighted by Crippen LogP contribution is 2.21. The van der Waals surface area contributed by atoms with Gasteiger partial charge in [0.25, 0.3) is 5.91 Å². The van der Waals surface area contributed by atoms with Gasteiger partial charge in [-0.05, 0) is 43.3 Å². The first-order chi connectivity index (χ1) is 12.7. The number of aromatic nitrogens is 2. The molecule has 0 atom stereocenters. The Hall–Kier alpha value is -3.41. The Labute approximate surface area is 151 Å². The Morgan fingerprint density at radius 3 is 2.50 bits per heavy atom. The molecule has 0 spiro atoms. The molecule has 1 heterocycles. The number of methoxy groups -OCH3 is 1. The summed E-state index contributed by atoms with van der Waals surface area (Å²) in [6.07, 6.45) is 0. The van der Waals surface area contributed by atoms with Gasteiger partial charge in [0.2, 0.25) is 5.88 Å². The highest BCUT2D eigenvalue weighted by molar-refractivity contribution is 6.04. The van der Waals surface area contributed by atoms with E-state index in [1.165, 1.54) is 0 Å². The van der Waals surface area contributed by atoms with Crippen molar-refractivity contribution in [1.29, 1.82) is 0 Å². The molecule has 26 heavy (non-hydrogen) atoms. The average Bonchev–Trinajstić information content (AvgIpc) is 2.69. The van der Waals surface area contributed by atoms with Crippen LogP contribution in [0.4, 0.5) is 5.69 Å². The zero-order valence-electron chi connectivity index (χ0n) is 14.6. The maximum absolute atomic E-state index is 12.3. The van der Waals surface area contributed by atoms with Gasteiger partial charge in [0.15, 0.2) is 0 Å². The summed E-state index contributed by atoms with van der Waals surface area (Å²) < 4.78 is 10.4. The van der Waals surface area contributed by atoms with Crippen molar-refractivity contribution in [3.05, 3.63) is 66.2 Å². The van der Waals surface area contributed by atoms with Gasteiger partial charge in [-0.15, -0.1) is 10.2 Å². The summed E-state index contributed by atoms with van der Waals surface area (Å²) in [5, 5.41) is 11.0. The van der Waals surface area contributed by atoms with Gasteiger partial charge in [-0.1, -0.05) is 18.2 Å². The summed E-state index contributed by atoms with van der Waals surface area (Å²) in [4.78, 5) is 12.3. The van der Waals surface area contributed by atoms with Crippen LogP contribution >= 0.6 is 0 Å². The van der Waals surface area contributed by atoms with E-state index in [0.717, 1.165) is 11.3 Å². The van der Waals surface area contributed by atoms with Crippen molar-refractivity contribution in [2.45, 2.75) is 6.92 Å². The number of anilines is 1. The number of nitrogens with one attached hydrogen (secondary N) is 1. The second-order valence-electron chi connectivity index (χ2n) is 5.45. The lowest BCUT2D eigenvalue weighted by Gasteiger charge is -2.08. The quantitative estimate of drug-likeness (QED) is 0.733. The number of hydrogen-bond acceptors (Lipinski definition) is 5. The van der Waals surface area contributed by atoms with Crippen molar-refractivity contribution in [3.63, 3.8) is 0 Å². The molecule has 1 N–H and O–H groups in total. The van der Waals surface area contributed by atoms with Crippen LogP contribution in [0.25, 0.3) is 11.3 Å². The van der Waals surface area contributed by atoms with Gasteiger partial charge in [0, 0.05) is 22.9 Å². The monoisotopic (exact) mass is 349 g/mol. The molecule has 0 aliphatic rings. The first-order valence-corrected chi connectivity index (χ1v) is 8.22. The molecule has 0 bridgehead atoms. The molecule has 0 radical (unpaired) electrons. The van der Waals surface area contributed by atoms with Crippen molar-refractivity contribution in [3.8, 4) is 22.9 Å². The molecule has 3 rings (SSSR count). The van der Waals surface area contributed by atoms with Crippen LogP contribution in [-0.4, -0.2) is 29.8 Å². The molecular weight excluding hydrogens is 330 g/mol. The fourth-order valence-electron chi connectivity index (χ4n) is 2.39. The van der Waals surface area contributed by atoms with Crippen LogP contribution in [0.1, 0.15) is 17.3 Å². The Balaban J connectivity index is 1.70. The number of amides is 1. The van der Waals surface area contributed by atoms with E-state index in [-0.39, 0.29) is 5.91 Å². The first-order valence-electron chi connectivity index (χ1n) is 8.22. The molecular formula is C20H19N3O3. The first kappa shape index (κ1) is 17.4. The average molecular weight is 349 g/mol. The van der Waals surface area contributed by atoms with E-state index in [4.69, 9.17) is 9.47 Å². The minimum absolute atomic E-state index is 0.197. The number of benzene rings is 2. The third-order valence-electron chi connectivity index (χ3n) is 3.70. The fraction of sp³-hybridized carbons (Fsp3) is 0.150. The molecule has 0 saturated heterocycles. The Morgan fingerprint density at radius 2 is 1.85 bits per heavy atom. The lowest BCUT2D eigenvalue weighted by molar-refractivity contribution is 0.102. The van der Waals surface area contributed by atoms with E-state index < -0.39 is 0 Å². The molecule has 1 amide bonds. The number of ether oxygens (including phenoxy) is 2. The van der Waals surface area contributed by atoms with Crippen molar-refractivity contribution < 1.29 is 14.3 Å². The van der Waals surface area contributed by atoms with Gasteiger partial charge in [-0.3, -0.25) is 4.79 Å². The minimum atomic E-state index is -0.197. The SMILES string of the molecule is CCOc1ccc(-c2ccc(NC(=O)c3cccc(OC)c3)cc2)nn1. The summed E-state index contributed by atoms with van der Waals surface area (Å²) in [6.45, 7) is 2.45. The van der Waals surface area contributed by atoms with E-state index in [9.17, 15) is 4.79 Å². The van der Waals surface area contributed by atoms with Crippen LogP contribution in [0.5, 0.6) is 11.6 Å². The smallest absolute Gasteiger partial charge is 0.255 e. The van der Waals surface area contributed by atoms with Gasteiger partial charge >= 0.3 is 0 Å². The molecule has 6 nitrogen and oxygen atoms in total. The standard InChI is InChI=1S/C20H19N3O3/c1-3-26-19-12-11-18(22-23-19)14-7-9-16(10-8-14)21-20(24)15-5-4-6-17(13-15)25-2/h4-13H,3H2,1-2H3,(H,21,24). The van der Waals surface area contributed by atoms with E-state index >= 15 is 0 Å². The number of rotatable bonds is 6. The molecule has 0 unspecified atom stereocenters. The van der Waals surface area contributed by atoms with E-state index in [0.29, 0.717) is 29.5 Å². The van der Waals surface area contributed by atoms with Crippen molar-refractivity contribution >= 4 is 11.6 Å². The van der Waals surface area contributed by atoms with Gasteiger partial charge in [-0.25, -0.2) is 0 Å². The summed E-state index contributed by atoms with van der Waals surface area (Å²) in [6, 6.07) is 18.0. The van der Waals surface area contributed by atoms with Crippen molar-refractivity contribution in [2.24, 2.45) is 0 Å². The van der Waals surface area contributed by atoms with Crippen LogP contribution in [0, 0.1) is 0 Å². The summed E-state index contributed by atoms with van der Waals surface area (Å²) >= 11 is 0. The molecule has 6 heteroatoms. The van der Waals surface area contributed by atoms with E-state index in [2.05, 4.69) is 15.5 Å². The molecule has 0 saturated carbocycles. The number of carbonyl (C=O) groups is 1. The van der Waals surface area contributed by atoms with E-state index in [1.807, 2.05) is 37.3 Å². The maximum Gasteiger partial charge on any atom is 0.255 e. The van der Waals surface area contributed by atoms with Crippen molar-refractivity contribution in [1.82, 2.24) is 10.2 Å². The molecule has 0 fully saturated rings. The zero-order valence-corrected chi connectivity index (χ0v) is 14.6. The number of carbonyl (C=O) groups excluding carboxylic acids is 1. The highest BCUT2D eigenvalue weighted by atomic mass is 16.5. The van der Waals surface area contributed by atoms with Gasteiger partial charge in [0.1, 0.15) is 5.75 Å². The summed E-state index contributed by atoms with van der Waals surface area (Å²) in [7, 11) is 1.57. The topological polar surface area (TPSA) is 73.3 Å². The van der Waals surface area contributed by atoms with E-state index in [1.54, 1.807) is 37.4 Å². The van der Waals surface area contributed by atoms with Crippen LogP contribution in [0.2, 0.25) is 0 Å². The Morgan fingerprint density at radius 1 is 1.04 bits per heavy atom. The molecule has 3 aromatic rings. The van der Waals surface area contributed by atoms with Gasteiger partial charge < -0.3 is 14.8 Å². The summed E-state index contributed by atoms with van der Waals surface area (Å²) in [5.41, 5.74) is 2.87. The van der Waals surface area contributed by atoms with Crippen LogP contribution in [0.15, 0.2) is 60.7 Å². The van der Waals surface area contributed by atoms with Crippen LogP contribution < -0.4 is 14.8 Å². The molecule has 2 aromatic carbocycles. The largest absolute Gasteiger partial charge is 0.497 e. The highest BCUT2D eigenvalue weighted by Gasteiger charge is 2.08. The normalized spacial score (nSPS) is 10.2. The number of hydrogen-bond donors (Lipinski definition) is 1. The lowest BCUT2D eigenvalue weighted by Crippen LogP contribution is -2.11. The van der Waals surface area contributed by atoms with Crippen LogP contribution in [-0.2, 0) is 0 Å². The molecule has 132 valence electrons. The third kappa shape index (κ3) is 4.16. The zero-order chi connectivity index (χ0) is 18.4. The molecule has 1 aromatic heterocycles. The second kappa shape index (κ2) is 8.11. The second-order valence-corrected chi connectivity index (χ2v) is 5.45. The Kier molecular flexibility index (Phi) is 5.43. The van der Waals surface area contributed by atoms with Crippen molar-refractivity contribution in [2.75, 3.05) is 19.0 Å². The fourth-order valence-corrected chi connectivity index (χ4v) is 2.39. The molecule has 0 aliphatic heterocycles. The van der Waals surface area contributed by atoms with Crippen LogP contribution in [0.3, 0.4) is 0 Å². The number of nitrogens with zero attached hydrogens (tertiary/aromatic N) is 2. The Bertz CT molecular complexity index is 878. The maximum atomic E-state index is 12.3. The summed E-state index contributed by atoms with van der Waals surface area (Å²) in [5.74, 6) is 0.943. The van der Waals surface area contributed by atoms with Gasteiger partial charge in [0.05, 0.1) is 19.4 Å². The predicted octanol–water partition coefficient (Wildman–Crippen LogP) is 3.80. The third-order valence-corrected chi connectivity index (χ3v) is 3.70.